The van der Waals surface area contributed by atoms with Gasteiger partial charge in [0.1, 0.15) is 0 Å². The maximum Gasteiger partial charge on any atom is 0.227 e. The SMILES string of the molecule is CCNCCNC(=O)C(C)c1ccsc1. The van der Waals surface area contributed by atoms with Crippen LogP contribution in [-0.4, -0.2) is 25.5 Å². The average Bonchev–Trinajstić information content (AvgIpc) is 2.76. The van der Waals surface area contributed by atoms with Gasteiger partial charge >= 0.3 is 0 Å². The molecule has 0 bridgehead atoms. The van der Waals surface area contributed by atoms with E-state index in [2.05, 4.69) is 17.6 Å². The number of nitrogens with one attached hydrogen (secondary N) is 2. The third-order valence-corrected chi connectivity index (χ3v) is 2.99. The molecule has 84 valence electrons. The molecule has 1 aromatic rings. The molecule has 1 unspecified atom stereocenters. The van der Waals surface area contributed by atoms with Crippen LogP contribution in [0.15, 0.2) is 16.8 Å². The van der Waals surface area contributed by atoms with Crippen LogP contribution in [-0.2, 0) is 4.79 Å². The fourth-order valence-electron chi connectivity index (χ4n) is 1.28. The van der Waals surface area contributed by atoms with Gasteiger partial charge in [-0.15, -0.1) is 0 Å². The van der Waals surface area contributed by atoms with Gasteiger partial charge in [-0.2, -0.15) is 11.3 Å². The summed E-state index contributed by atoms with van der Waals surface area (Å²) in [7, 11) is 0. The third kappa shape index (κ3) is 4.01. The van der Waals surface area contributed by atoms with E-state index in [1.807, 2.05) is 23.8 Å². The molecule has 0 aliphatic carbocycles. The van der Waals surface area contributed by atoms with Crippen LogP contribution in [0.25, 0.3) is 0 Å². The summed E-state index contributed by atoms with van der Waals surface area (Å²) in [5.74, 6) is 0.0594. The smallest absolute Gasteiger partial charge is 0.227 e. The Bertz CT molecular complexity index is 285. The van der Waals surface area contributed by atoms with Crippen LogP contribution in [0.5, 0.6) is 0 Å². The third-order valence-electron chi connectivity index (χ3n) is 2.29. The van der Waals surface area contributed by atoms with Gasteiger partial charge in [0.25, 0.3) is 0 Å². The minimum absolute atomic E-state index is 0.0436. The lowest BCUT2D eigenvalue weighted by Gasteiger charge is -2.10. The molecule has 2 N–H and O–H groups in total. The Kier molecular flexibility index (Phi) is 5.36. The monoisotopic (exact) mass is 226 g/mol. The van der Waals surface area contributed by atoms with Crippen LogP contribution in [0.2, 0.25) is 0 Å². The van der Waals surface area contributed by atoms with Gasteiger partial charge in [0, 0.05) is 13.1 Å². The van der Waals surface area contributed by atoms with Gasteiger partial charge in [-0.05, 0) is 35.9 Å². The van der Waals surface area contributed by atoms with Gasteiger partial charge in [-0.3, -0.25) is 4.79 Å². The Balaban J connectivity index is 2.28. The van der Waals surface area contributed by atoms with Crippen LogP contribution < -0.4 is 10.6 Å². The molecule has 1 atom stereocenters. The van der Waals surface area contributed by atoms with E-state index in [1.165, 1.54) is 0 Å². The standard InChI is InChI=1S/C11H18N2OS/c1-3-12-5-6-13-11(14)9(2)10-4-7-15-8-10/h4,7-9,12H,3,5-6H2,1-2H3,(H,13,14). The molecule has 0 aliphatic rings. The maximum atomic E-state index is 11.7. The zero-order valence-corrected chi connectivity index (χ0v) is 10.1. The number of likely N-dealkylation sites (N-methyl/N-ethyl adjacent to an activating group) is 1. The Labute approximate surface area is 94.9 Å². The summed E-state index contributed by atoms with van der Waals surface area (Å²) >= 11 is 1.62. The van der Waals surface area contributed by atoms with Crippen molar-refractivity contribution in [2.24, 2.45) is 0 Å². The van der Waals surface area contributed by atoms with Gasteiger partial charge in [0.2, 0.25) is 5.91 Å². The molecule has 15 heavy (non-hydrogen) atoms. The highest BCUT2D eigenvalue weighted by atomic mass is 32.1. The Morgan fingerprint density at radius 2 is 2.33 bits per heavy atom. The lowest BCUT2D eigenvalue weighted by Crippen LogP contribution is -2.34. The molecule has 4 heteroatoms. The summed E-state index contributed by atoms with van der Waals surface area (Å²) in [6, 6.07) is 2.00. The number of hydrogen-bond acceptors (Lipinski definition) is 3. The highest BCUT2D eigenvalue weighted by Gasteiger charge is 2.14. The van der Waals surface area contributed by atoms with Crippen LogP contribution in [0.4, 0.5) is 0 Å². The predicted molar refractivity (Wildman–Crippen MR) is 64.3 cm³/mol. The first-order valence-corrected chi connectivity index (χ1v) is 6.20. The fraction of sp³-hybridized carbons (Fsp3) is 0.545. The second kappa shape index (κ2) is 6.58. The van der Waals surface area contributed by atoms with Crippen LogP contribution >= 0.6 is 11.3 Å². The van der Waals surface area contributed by atoms with E-state index in [0.29, 0.717) is 6.54 Å². The molecule has 0 aliphatic heterocycles. The number of carbonyl (C=O) groups is 1. The van der Waals surface area contributed by atoms with Crippen molar-refractivity contribution in [2.75, 3.05) is 19.6 Å². The van der Waals surface area contributed by atoms with E-state index >= 15 is 0 Å². The first kappa shape index (κ1) is 12.2. The highest BCUT2D eigenvalue weighted by molar-refractivity contribution is 7.08. The molecular weight excluding hydrogens is 208 g/mol. The average molecular weight is 226 g/mol. The molecule has 1 rings (SSSR count). The van der Waals surface area contributed by atoms with E-state index in [4.69, 9.17) is 0 Å². The van der Waals surface area contributed by atoms with Crippen molar-refractivity contribution in [3.63, 3.8) is 0 Å². The number of amides is 1. The maximum absolute atomic E-state index is 11.7. The normalized spacial score (nSPS) is 12.4. The summed E-state index contributed by atoms with van der Waals surface area (Å²) in [6.45, 7) is 6.45. The molecule has 1 amide bonds. The van der Waals surface area contributed by atoms with Crippen molar-refractivity contribution >= 4 is 17.2 Å². The molecule has 0 radical (unpaired) electrons. The van der Waals surface area contributed by atoms with E-state index in [9.17, 15) is 4.79 Å². The minimum Gasteiger partial charge on any atom is -0.354 e. The van der Waals surface area contributed by atoms with Crippen molar-refractivity contribution < 1.29 is 4.79 Å². The lowest BCUT2D eigenvalue weighted by molar-refractivity contribution is -0.122. The summed E-state index contributed by atoms with van der Waals surface area (Å²) in [5.41, 5.74) is 1.10. The number of rotatable bonds is 6. The molecule has 1 heterocycles. The first-order valence-electron chi connectivity index (χ1n) is 5.26. The second-order valence-electron chi connectivity index (χ2n) is 3.42. The molecule has 1 aromatic heterocycles. The summed E-state index contributed by atoms with van der Waals surface area (Å²) in [5, 5.41) is 10.1. The van der Waals surface area contributed by atoms with Crippen LogP contribution in [0, 0.1) is 0 Å². The molecule has 0 saturated carbocycles. The number of hydrogen-bond donors (Lipinski definition) is 2. The molecule has 0 aromatic carbocycles. The Morgan fingerprint density at radius 3 is 2.93 bits per heavy atom. The molecular formula is C11H18N2OS. The Morgan fingerprint density at radius 1 is 1.53 bits per heavy atom. The molecule has 0 saturated heterocycles. The largest absolute Gasteiger partial charge is 0.354 e. The second-order valence-corrected chi connectivity index (χ2v) is 4.20. The fourth-order valence-corrected chi connectivity index (χ4v) is 2.03. The van der Waals surface area contributed by atoms with Gasteiger partial charge in [-0.1, -0.05) is 6.92 Å². The Hall–Kier alpha value is -0.870. The topological polar surface area (TPSA) is 41.1 Å². The quantitative estimate of drug-likeness (QED) is 0.723. The first-order chi connectivity index (χ1) is 7.25. The predicted octanol–water partition coefficient (Wildman–Crippen LogP) is 1.58. The van der Waals surface area contributed by atoms with Crippen LogP contribution in [0.1, 0.15) is 25.3 Å². The van der Waals surface area contributed by atoms with Crippen molar-refractivity contribution in [3.8, 4) is 0 Å². The minimum atomic E-state index is -0.0436. The van der Waals surface area contributed by atoms with Gasteiger partial charge in [0.15, 0.2) is 0 Å². The van der Waals surface area contributed by atoms with Crippen molar-refractivity contribution in [1.82, 2.24) is 10.6 Å². The molecule has 3 nitrogen and oxygen atoms in total. The lowest BCUT2D eigenvalue weighted by atomic mass is 10.0. The number of thiophene rings is 1. The van der Waals surface area contributed by atoms with Crippen molar-refractivity contribution in [3.05, 3.63) is 22.4 Å². The van der Waals surface area contributed by atoms with E-state index < -0.39 is 0 Å². The van der Waals surface area contributed by atoms with E-state index in [-0.39, 0.29) is 11.8 Å². The zero-order valence-electron chi connectivity index (χ0n) is 9.25. The zero-order chi connectivity index (χ0) is 11.1. The summed E-state index contributed by atoms with van der Waals surface area (Å²) in [4.78, 5) is 11.7. The number of carbonyl (C=O) groups excluding carboxylic acids is 1. The summed E-state index contributed by atoms with van der Waals surface area (Å²) < 4.78 is 0. The van der Waals surface area contributed by atoms with Gasteiger partial charge in [-0.25, -0.2) is 0 Å². The van der Waals surface area contributed by atoms with E-state index in [0.717, 1.165) is 18.7 Å². The molecule has 0 spiro atoms. The molecule has 0 fully saturated rings. The van der Waals surface area contributed by atoms with Crippen molar-refractivity contribution in [1.29, 1.82) is 0 Å². The van der Waals surface area contributed by atoms with Gasteiger partial charge in [0.05, 0.1) is 5.92 Å². The van der Waals surface area contributed by atoms with Crippen molar-refractivity contribution in [2.45, 2.75) is 19.8 Å². The van der Waals surface area contributed by atoms with Gasteiger partial charge < -0.3 is 10.6 Å². The van der Waals surface area contributed by atoms with Crippen LogP contribution in [0.3, 0.4) is 0 Å². The highest BCUT2D eigenvalue weighted by Crippen LogP contribution is 2.17. The summed E-state index contributed by atoms with van der Waals surface area (Å²) in [6.07, 6.45) is 0. The van der Waals surface area contributed by atoms with E-state index in [1.54, 1.807) is 11.3 Å².